The van der Waals surface area contributed by atoms with Gasteiger partial charge >= 0.3 is 0 Å². The predicted molar refractivity (Wildman–Crippen MR) is 84.5 cm³/mol. The molecular weight excluding hydrogens is 278 g/mol. The molecule has 2 fully saturated rings. The molecule has 1 aromatic carbocycles. The molecule has 4 heteroatoms. The standard InChI is InChI=1S/C18H25NO3/c1-14-6-3-4-7-15(14)18(21)9-11-19(12-10-18)16(20)17(2)8-5-13-22-17/h3-4,6-7,21H,5,8-13H2,1-2H3. The normalized spacial score (nSPS) is 27.9. The summed E-state index contributed by atoms with van der Waals surface area (Å²) in [6.07, 6.45) is 2.91. The van der Waals surface area contributed by atoms with Gasteiger partial charge in [0, 0.05) is 19.7 Å². The van der Waals surface area contributed by atoms with Crippen molar-refractivity contribution >= 4 is 5.91 Å². The molecule has 2 saturated heterocycles. The van der Waals surface area contributed by atoms with Gasteiger partial charge < -0.3 is 14.7 Å². The van der Waals surface area contributed by atoms with Gasteiger partial charge in [-0.2, -0.15) is 0 Å². The van der Waals surface area contributed by atoms with Gasteiger partial charge in [-0.05, 0) is 50.7 Å². The first-order valence-corrected chi connectivity index (χ1v) is 8.16. The quantitative estimate of drug-likeness (QED) is 0.912. The molecule has 0 aromatic heterocycles. The van der Waals surface area contributed by atoms with Crippen LogP contribution in [0, 0.1) is 6.92 Å². The molecule has 1 aromatic rings. The Morgan fingerprint density at radius 2 is 1.91 bits per heavy atom. The second kappa shape index (κ2) is 5.67. The van der Waals surface area contributed by atoms with E-state index < -0.39 is 11.2 Å². The fraction of sp³-hybridized carbons (Fsp3) is 0.611. The van der Waals surface area contributed by atoms with Crippen LogP contribution in [0.5, 0.6) is 0 Å². The smallest absolute Gasteiger partial charge is 0.254 e. The van der Waals surface area contributed by atoms with E-state index in [9.17, 15) is 9.90 Å². The maximum atomic E-state index is 12.7. The summed E-state index contributed by atoms with van der Waals surface area (Å²) in [5.41, 5.74) is 0.624. The van der Waals surface area contributed by atoms with Crippen molar-refractivity contribution < 1.29 is 14.6 Å². The average Bonchev–Trinajstić information content (AvgIpc) is 2.96. The van der Waals surface area contributed by atoms with Crippen molar-refractivity contribution in [1.82, 2.24) is 4.90 Å². The van der Waals surface area contributed by atoms with Gasteiger partial charge in [0.15, 0.2) is 0 Å². The van der Waals surface area contributed by atoms with Crippen LogP contribution in [0.2, 0.25) is 0 Å². The number of hydrogen-bond donors (Lipinski definition) is 1. The summed E-state index contributed by atoms with van der Waals surface area (Å²) in [4.78, 5) is 14.5. The Morgan fingerprint density at radius 1 is 1.23 bits per heavy atom. The number of carbonyl (C=O) groups is 1. The Kier molecular flexibility index (Phi) is 4.00. The molecule has 1 unspecified atom stereocenters. The van der Waals surface area contributed by atoms with Crippen LogP contribution in [0.15, 0.2) is 24.3 Å². The highest BCUT2D eigenvalue weighted by Gasteiger charge is 2.44. The summed E-state index contributed by atoms with van der Waals surface area (Å²) in [6.45, 7) is 5.76. The Balaban J connectivity index is 1.70. The Morgan fingerprint density at radius 3 is 2.50 bits per heavy atom. The predicted octanol–water partition coefficient (Wildman–Crippen LogP) is 2.37. The molecule has 2 aliphatic heterocycles. The van der Waals surface area contributed by atoms with E-state index >= 15 is 0 Å². The van der Waals surface area contributed by atoms with Gasteiger partial charge in [-0.1, -0.05) is 24.3 Å². The van der Waals surface area contributed by atoms with Crippen molar-refractivity contribution in [3.05, 3.63) is 35.4 Å². The number of amides is 1. The van der Waals surface area contributed by atoms with Gasteiger partial charge in [0.05, 0.1) is 5.60 Å². The summed E-state index contributed by atoms with van der Waals surface area (Å²) in [5.74, 6) is 0.0804. The van der Waals surface area contributed by atoms with E-state index in [1.807, 2.05) is 43.0 Å². The number of ether oxygens (including phenoxy) is 1. The molecule has 0 spiro atoms. The van der Waals surface area contributed by atoms with Crippen molar-refractivity contribution in [3.63, 3.8) is 0 Å². The van der Waals surface area contributed by atoms with Gasteiger partial charge in [0.25, 0.3) is 5.91 Å². The minimum absolute atomic E-state index is 0.0804. The molecule has 3 rings (SSSR count). The van der Waals surface area contributed by atoms with Crippen LogP contribution in [-0.2, 0) is 15.1 Å². The first kappa shape index (κ1) is 15.5. The number of hydrogen-bond acceptors (Lipinski definition) is 3. The third-order valence-electron chi connectivity index (χ3n) is 5.20. The van der Waals surface area contributed by atoms with Crippen LogP contribution in [0.25, 0.3) is 0 Å². The summed E-state index contributed by atoms with van der Waals surface area (Å²) < 4.78 is 5.66. The minimum Gasteiger partial charge on any atom is -0.385 e. The fourth-order valence-corrected chi connectivity index (χ4v) is 3.73. The van der Waals surface area contributed by atoms with Crippen LogP contribution in [0.4, 0.5) is 0 Å². The second-order valence-electron chi connectivity index (χ2n) is 6.82. The molecule has 2 heterocycles. The fourth-order valence-electron chi connectivity index (χ4n) is 3.73. The van der Waals surface area contributed by atoms with Gasteiger partial charge in [0.2, 0.25) is 0 Å². The van der Waals surface area contributed by atoms with Crippen molar-refractivity contribution in [2.45, 2.75) is 50.7 Å². The topological polar surface area (TPSA) is 49.8 Å². The zero-order chi connectivity index (χ0) is 15.8. The third-order valence-corrected chi connectivity index (χ3v) is 5.20. The summed E-state index contributed by atoms with van der Waals surface area (Å²) in [7, 11) is 0. The molecular formula is C18H25NO3. The van der Waals surface area contributed by atoms with Crippen molar-refractivity contribution in [3.8, 4) is 0 Å². The maximum absolute atomic E-state index is 12.7. The van der Waals surface area contributed by atoms with Crippen molar-refractivity contribution in [2.75, 3.05) is 19.7 Å². The number of rotatable bonds is 2. The lowest BCUT2D eigenvalue weighted by atomic mass is 9.82. The van der Waals surface area contributed by atoms with Crippen molar-refractivity contribution in [1.29, 1.82) is 0 Å². The number of aliphatic hydroxyl groups is 1. The average molecular weight is 303 g/mol. The van der Waals surface area contributed by atoms with Gasteiger partial charge in [-0.25, -0.2) is 0 Å². The van der Waals surface area contributed by atoms with Gasteiger partial charge in [-0.3, -0.25) is 4.79 Å². The molecule has 2 aliphatic rings. The summed E-state index contributed by atoms with van der Waals surface area (Å²) in [5, 5.41) is 11.0. The number of aryl methyl sites for hydroxylation is 1. The largest absolute Gasteiger partial charge is 0.385 e. The van der Waals surface area contributed by atoms with E-state index in [-0.39, 0.29) is 5.91 Å². The zero-order valence-electron chi connectivity index (χ0n) is 13.5. The molecule has 0 saturated carbocycles. The molecule has 120 valence electrons. The Labute approximate surface area is 132 Å². The van der Waals surface area contributed by atoms with Crippen LogP contribution in [-0.4, -0.2) is 41.2 Å². The van der Waals surface area contributed by atoms with E-state index in [4.69, 9.17) is 4.74 Å². The molecule has 0 radical (unpaired) electrons. The zero-order valence-corrected chi connectivity index (χ0v) is 13.5. The molecule has 1 N–H and O–H groups in total. The highest BCUT2D eigenvalue weighted by atomic mass is 16.5. The van der Waals surface area contributed by atoms with E-state index in [0.29, 0.717) is 32.5 Å². The minimum atomic E-state index is -0.820. The first-order valence-electron chi connectivity index (χ1n) is 8.16. The van der Waals surface area contributed by atoms with E-state index in [1.54, 1.807) is 0 Å². The van der Waals surface area contributed by atoms with E-state index in [0.717, 1.165) is 24.0 Å². The SMILES string of the molecule is Cc1ccccc1C1(O)CCN(C(=O)C2(C)CCCO2)CC1. The third kappa shape index (κ3) is 2.66. The van der Waals surface area contributed by atoms with Gasteiger partial charge in [-0.15, -0.1) is 0 Å². The molecule has 1 atom stereocenters. The van der Waals surface area contributed by atoms with Crippen molar-refractivity contribution in [2.24, 2.45) is 0 Å². The molecule has 22 heavy (non-hydrogen) atoms. The van der Waals surface area contributed by atoms with Crippen LogP contribution >= 0.6 is 0 Å². The monoisotopic (exact) mass is 303 g/mol. The number of carbonyl (C=O) groups excluding carboxylic acids is 1. The lowest BCUT2D eigenvalue weighted by Gasteiger charge is -2.41. The number of piperidine rings is 1. The first-order chi connectivity index (χ1) is 10.4. The number of likely N-dealkylation sites (tertiary alicyclic amines) is 1. The Hall–Kier alpha value is -1.39. The van der Waals surface area contributed by atoms with Gasteiger partial charge in [0.1, 0.15) is 5.60 Å². The van der Waals surface area contributed by atoms with E-state index in [2.05, 4.69) is 0 Å². The highest BCUT2D eigenvalue weighted by molar-refractivity contribution is 5.85. The summed E-state index contributed by atoms with van der Waals surface area (Å²) in [6, 6.07) is 7.97. The molecule has 0 aliphatic carbocycles. The second-order valence-corrected chi connectivity index (χ2v) is 6.82. The van der Waals surface area contributed by atoms with Crippen LogP contribution in [0.1, 0.15) is 43.7 Å². The highest BCUT2D eigenvalue weighted by Crippen LogP contribution is 2.36. The lowest BCUT2D eigenvalue weighted by molar-refractivity contribution is -0.155. The van der Waals surface area contributed by atoms with E-state index in [1.165, 1.54) is 0 Å². The number of benzene rings is 1. The molecule has 4 nitrogen and oxygen atoms in total. The summed E-state index contributed by atoms with van der Waals surface area (Å²) >= 11 is 0. The van der Waals surface area contributed by atoms with Crippen LogP contribution < -0.4 is 0 Å². The molecule has 0 bridgehead atoms. The maximum Gasteiger partial charge on any atom is 0.254 e. The molecule has 1 amide bonds. The Bertz CT molecular complexity index is 555. The number of nitrogens with zero attached hydrogens (tertiary/aromatic N) is 1. The van der Waals surface area contributed by atoms with Crippen LogP contribution in [0.3, 0.4) is 0 Å². The lowest BCUT2D eigenvalue weighted by Crippen LogP contribution is -2.52.